The van der Waals surface area contributed by atoms with Gasteiger partial charge in [0.05, 0.1) is 6.42 Å². The Morgan fingerprint density at radius 2 is 1.62 bits per heavy atom. The van der Waals surface area contributed by atoms with Crippen molar-refractivity contribution in [2.45, 2.75) is 11.7 Å². The van der Waals surface area contributed by atoms with Crippen LogP contribution in [-0.4, -0.2) is 40.4 Å². The van der Waals surface area contributed by atoms with E-state index in [4.69, 9.17) is 14.8 Å². The van der Waals surface area contributed by atoms with Gasteiger partial charge < -0.3 is 10.2 Å². The Balaban J connectivity index is 0. The summed E-state index contributed by atoms with van der Waals surface area (Å²) in [5.41, 5.74) is 0. The number of hydrogen-bond acceptors (Lipinski definition) is 4. The third-order valence-electron chi connectivity index (χ3n) is 0.995. The molecule has 0 aromatic heterocycles. The van der Waals surface area contributed by atoms with E-state index in [1.54, 1.807) is 0 Å². The predicted molar refractivity (Wildman–Crippen MR) is 35.2 cm³/mol. The molecule has 13 heavy (non-hydrogen) atoms. The molecule has 0 saturated heterocycles. The molecule has 0 aliphatic heterocycles. The molecule has 0 rings (SSSR count). The summed E-state index contributed by atoms with van der Waals surface area (Å²) in [5.74, 6) is -3.50. The van der Waals surface area contributed by atoms with Crippen molar-refractivity contribution in [2.75, 3.05) is 0 Å². The van der Waals surface area contributed by atoms with Crippen molar-refractivity contribution in [2.24, 2.45) is 0 Å². The first-order chi connectivity index (χ1) is 5.25. The summed E-state index contributed by atoms with van der Waals surface area (Å²) in [6.45, 7) is 0. The number of carboxylic acid groups (broad SMARTS) is 2. The maximum atomic E-state index is 10.2. The molecule has 1 unspecified atom stereocenters. The largest absolute Gasteiger partial charge is 0.481 e. The van der Waals surface area contributed by atoms with E-state index >= 15 is 0 Å². The van der Waals surface area contributed by atoms with E-state index in [0.29, 0.717) is 0 Å². The molecule has 7 nitrogen and oxygen atoms in total. The fourth-order valence-corrected chi connectivity index (χ4v) is 1.09. The van der Waals surface area contributed by atoms with Crippen molar-refractivity contribution in [1.29, 1.82) is 0 Å². The Hall–Kier alpha value is -0.631. The van der Waals surface area contributed by atoms with Crippen LogP contribution in [0.2, 0.25) is 0 Å². The summed E-state index contributed by atoms with van der Waals surface area (Å²) in [5, 5.41) is 13.9. The SMILES string of the molecule is O=C(O)CC(C(=O)O)S(=O)(=O)O.[Fe]. The predicted octanol–water partition coefficient (Wildman–Crippen LogP) is -1.20. The maximum Gasteiger partial charge on any atom is 0.325 e. The molecule has 0 aliphatic carbocycles. The minimum Gasteiger partial charge on any atom is -0.481 e. The summed E-state index contributed by atoms with van der Waals surface area (Å²) in [4.78, 5) is 20.0. The Morgan fingerprint density at radius 3 is 1.69 bits per heavy atom. The van der Waals surface area contributed by atoms with Gasteiger partial charge in [-0.15, -0.1) is 0 Å². The molecule has 0 aromatic carbocycles. The zero-order valence-corrected chi connectivity index (χ0v) is 7.94. The van der Waals surface area contributed by atoms with E-state index in [1.807, 2.05) is 0 Å². The van der Waals surface area contributed by atoms with Crippen LogP contribution in [0.25, 0.3) is 0 Å². The Bertz CT molecular complexity index is 294. The Kier molecular flexibility index (Phi) is 5.92. The molecular formula is C4H6FeO7S. The first-order valence-corrected chi connectivity index (χ1v) is 4.16. The average Bonchev–Trinajstić information content (AvgIpc) is 1.79. The average molecular weight is 254 g/mol. The summed E-state index contributed by atoms with van der Waals surface area (Å²) < 4.78 is 28.7. The van der Waals surface area contributed by atoms with Crippen LogP contribution in [0.3, 0.4) is 0 Å². The second kappa shape index (κ2) is 5.18. The first kappa shape index (κ1) is 14.9. The van der Waals surface area contributed by atoms with Gasteiger partial charge in [-0.1, -0.05) is 0 Å². The third kappa shape index (κ3) is 5.58. The molecule has 1 atom stereocenters. The zero-order valence-electron chi connectivity index (χ0n) is 6.02. The van der Waals surface area contributed by atoms with Crippen molar-refractivity contribution >= 4 is 22.1 Å². The standard InChI is InChI=1S/C4H6O7S.Fe/c5-3(6)1-2(4(7)8)12(9,10)11;/h2H,1H2,(H,5,6)(H,7,8)(H,9,10,11);. The van der Waals surface area contributed by atoms with Crippen LogP contribution in [0, 0.1) is 0 Å². The zero-order chi connectivity index (χ0) is 9.94. The molecule has 3 N–H and O–H groups in total. The summed E-state index contributed by atoms with van der Waals surface area (Å²) in [7, 11) is -4.84. The van der Waals surface area contributed by atoms with Crippen molar-refractivity contribution in [3.63, 3.8) is 0 Å². The van der Waals surface area contributed by atoms with Crippen LogP contribution in [0.5, 0.6) is 0 Å². The normalized spacial score (nSPS) is 12.7. The van der Waals surface area contributed by atoms with Gasteiger partial charge in [-0.2, -0.15) is 8.42 Å². The number of aliphatic carboxylic acids is 2. The van der Waals surface area contributed by atoms with Crippen LogP contribution in [0.1, 0.15) is 6.42 Å². The van der Waals surface area contributed by atoms with Gasteiger partial charge in [-0.05, 0) is 0 Å². The van der Waals surface area contributed by atoms with Gasteiger partial charge in [-0.25, -0.2) is 0 Å². The van der Waals surface area contributed by atoms with Crippen molar-refractivity contribution in [3.05, 3.63) is 0 Å². The van der Waals surface area contributed by atoms with Gasteiger partial charge in [0.1, 0.15) is 0 Å². The quantitative estimate of drug-likeness (QED) is 0.424. The molecule has 0 aliphatic rings. The molecule has 0 aromatic rings. The minimum atomic E-state index is -4.84. The third-order valence-corrected chi connectivity index (χ3v) is 2.08. The van der Waals surface area contributed by atoms with E-state index in [9.17, 15) is 18.0 Å². The van der Waals surface area contributed by atoms with Gasteiger partial charge in [0.15, 0.2) is 5.25 Å². The van der Waals surface area contributed by atoms with Crippen LogP contribution < -0.4 is 0 Å². The number of rotatable bonds is 4. The van der Waals surface area contributed by atoms with Gasteiger partial charge in [-0.3, -0.25) is 14.1 Å². The van der Waals surface area contributed by atoms with Gasteiger partial charge in [0, 0.05) is 17.1 Å². The maximum absolute atomic E-state index is 10.2. The van der Waals surface area contributed by atoms with Crippen LogP contribution >= 0.6 is 0 Å². The van der Waals surface area contributed by atoms with Crippen LogP contribution in [0.4, 0.5) is 0 Å². The number of hydrogen-bond donors (Lipinski definition) is 3. The molecule has 0 fully saturated rings. The van der Waals surface area contributed by atoms with Crippen LogP contribution in [0.15, 0.2) is 0 Å². The molecule has 0 saturated carbocycles. The molecular weight excluding hydrogens is 248 g/mol. The fraction of sp³-hybridized carbons (Fsp3) is 0.500. The second-order valence-electron chi connectivity index (χ2n) is 1.94. The van der Waals surface area contributed by atoms with E-state index in [1.165, 1.54) is 0 Å². The van der Waals surface area contributed by atoms with Gasteiger partial charge >= 0.3 is 11.9 Å². The van der Waals surface area contributed by atoms with E-state index in [2.05, 4.69) is 0 Å². The molecule has 0 amide bonds. The Labute approximate surface area is 84.0 Å². The molecule has 0 spiro atoms. The number of carbonyl (C=O) groups is 2. The van der Waals surface area contributed by atoms with E-state index in [0.717, 1.165) is 0 Å². The fourth-order valence-electron chi connectivity index (χ4n) is 0.479. The van der Waals surface area contributed by atoms with E-state index < -0.39 is 33.7 Å². The van der Waals surface area contributed by atoms with Crippen molar-refractivity contribution in [3.8, 4) is 0 Å². The smallest absolute Gasteiger partial charge is 0.325 e. The molecule has 0 bridgehead atoms. The first-order valence-electron chi connectivity index (χ1n) is 2.66. The summed E-state index contributed by atoms with van der Waals surface area (Å²) in [6.07, 6.45) is -1.16. The van der Waals surface area contributed by atoms with Gasteiger partial charge in [0.2, 0.25) is 0 Å². The second-order valence-corrected chi connectivity index (χ2v) is 3.54. The van der Waals surface area contributed by atoms with E-state index in [-0.39, 0.29) is 17.1 Å². The molecule has 0 radical (unpaired) electrons. The van der Waals surface area contributed by atoms with Gasteiger partial charge in [0.25, 0.3) is 10.1 Å². The summed E-state index contributed by atoms with van der Waals surface area (Å²) >= 11 is 0. The Morgan fingerprint density at radius 1 is 1.23 bits per heavy atom. The van der Waals surface area contributed by atoms with Crippen molar-refractivity contribution < 1.29 is 49.8 Å². The van der Waals surface area contributed by atoms with Crippen LogP contribution in [-0.2, 0) is 36.8 Å². The molecule has 0 heterocycles. The monoisotopic (exact) mass is 254 g/mol. The number of carboxylic acids is 2. The topological polar surface area (TPSA) is 129 Å². The molecule has 78 valence electrons. The minimum absolute atomic E-state index is 0. The summed E-state index contributed by atoms with van der Waals surface area (Å²) in [6, 6.07) is 0. The molecule has 9 heteroatoms. The van der Waals surface area contributed by atoms with Crippen molar-refractivity contribution in [1.82, 2.24) is 0 Å².